The largest absolute Gasteiger partial charge is 0.506 e. The topological polar surface area (TPSA) is 57.5 Å². The van der Waals surface area contributed by atoms with Crippen LogP contribution in [0, 0.1) is 6.92 Å². The summed E-state index contributed by atoms with van der Waals surface area (Å²) < 4.78 is 0. The molecule has 0 heterocycles. The molecule has 0 unspecified atom stereocenters. The monoisotopic (exact) mass is 202 g/mol. The zero-order chi connectivity index (χ0) is 11.0. The quantitative estimate of drug-likeness (QED) is 0.747. The summed E-state index contributed by atoms with van der Waals surface area (Å²) in [5.74, 6) is -1.28. The first kappa shape index (κ1) is 9.52. The Kier molecular flexibility index (Phi) is 2.08. The molecule has 2 N–H and O–H groups in total. The molecular formula is C12H10O3. The van der Waals surface area contributed by atoms with Crippen molar-refractivity contribution in [2.24, 2.45) is 0 Å². The van der Waals surface area contributed by atoms with Crippen LogP contribution in [0.4, 0.5) is 0 Å². The van der Waals surface area contributed by atoms with Gasteiger partial charge in [-0.2, -0.15) is 0 Å². The van der Waals surface area contributed by atoms with Crippen molar-refractivity contribution in [3.8, 4) is 5.75 Å². The van der Waals surface area contributed by atoms with E-state index in [0.29, 0.717) is 5.39 Å². The molecule has 0 aliphatic heterocycles. The van der Waals surface area contributed by atoms with Crippen LogP contribution in [0.25, 0.3) is 10.8 Å². The zero-order valence-electron chi connectivity index (χ0n) is 8.19. The van der Waals surface area contributed by atoms with Gasteiger partial charge in [0.15, 0.2) is 0 Å². The molecule has 0 saturated carbocycles. The first-order valence-electron chi connectivity index (χ1n) is 4.56. The van der Waals surface area contributed by atoms with Crippen molar-refractivity contribution in [3.63, 3.8) is 0 Å². The van der Waals surface area contributed by atoms with Gasteiger partial charge in [0, 0.05) is 5.39 Å². The molecule has 0 radical (unpaired) electrons. The molecule has 2 rings (SSSR count). The van der Waals surface area contributed by atoms with E-state index in [-0.39, 0.29) is 11.3 Å². The van der Waals surface area contributed by atoms with E-state index in [4.69, 9.17) is 5.11 Å². The fraction of sp³-hybridized carbons (Fsp3) is 0.0833. The third-order valence-electron chi connectivity index (χ3n) is 2.48. The maximum absolute atomic E-state index is 10.8. The Balaban J connectivity index is 2.86. The van der Waals surface area contributed by atoms with Crippen LogP contribution in [-0.4, -0.2) is 16.2 Å². The molecule has 0 amide bonds. The minimum absolute atomic E-state index is 0.0619. The lowest BCUT2D eigenvalue weighted by Gasteiger charge is -2.06. The average Bonchev–Trinajstić information content (AvgIpc) is 2.19. The van der Waals surface area contributed by atoms with E-state index in [1.54, 1.807) is 18.2 Å². The van der Waals surface area contributed by atoms with Crippen LogP contribution in [0.15, 0.2) is 30.3 Å². The van der Waals surface area contributed by atoms with E-state index in [9.17, 15) is 9.90 Å². The highest BCUT2D eigenvalue weighted by Crippen LogP contribution is 2.30. The molecule has 0 atom stereocenters. The molecular weight excluding hydrogens is 192 g/mol. The highest BCUT2D eigenvalue weighted by atomic mass is 16.4. The number of carboxylic acid groups (broad SMARTS) is 1. The Hall–Kier alpha value is -2.03. The Morgan fingerprint density at radius 1 is 1.13 bits per heavy atom. The van der Waals surface area contributed by atoms with E-state index in [1.165, 1.54) is 6.07 Å². The van der Waals surface area contributed by atoms with Crippen LogP contribution in [0.3, 0.4) is 0 Å². The third kappa shape index (κ3) is 1.42. The summed E-state index contributed by atoms with van der Waals surface area (Å²) in [6, 6.07) is 8.57. The average molecular weight is 202 g/mol. The Morgan fingerprint density at radius 3 is 2.53 bits per heavy atom. The van der Waals surface area contributed by atoms with Gasteiger partial charge >= 0.3 is 5.97 Å². The molecule has 0 aromatic heterocycles. The third-order valence-corrected chi connectivity index (χ3v) is 2.48. The van der Waals surface area contributed by atoms with Crippen LogP contribution < -0.4 is 0 Å². The summed E-state index contributed by atoms with van der Waals surface area (Å²) in [4.78, 5) is 10.8. The first-order valence-corrected chi connectivity index (χ1v) is 4.56. The van der Waals surface area contributed by atoms with Crippen molar-refractivity contribution in [1.82, 2.24) is 0 Å². The molecule has 0 saturated heterocycles. The second-order valence-electron chi connectivity index (χ2n) is 3.44. The standard InChI is InChI=1S/C12H10O3/c1-7-3-2-4-9-8(7)5-6-10(11(9)13)12(14)15/h2-6,13H,1H3,(H,14,15). The van der Waals surface area contributed by atoms with Crippen LogP contribution in [-0.2, 0) is 0 Å². The molecule has 3 nitrogen and oxygen atoms in total. The van der Waals surface area contributed by atoms with Gasteiger partial charge in [-0.1, -0.05) is 24.3 Å². The van der Waals surface area contributed by atoms with Gasteiger partial charge in [-0.15, -0.1) is 0 Å². The molecule has 76 valence electrons. The van der Waals surface area contributed by atoms with E-state index in [0.717, 1.165) is 10.9 Å². The van der Waals surface area contributed by atoms with Crippen LogP contribution in [0.2, 0.25) is 0 Å². The van der Waals surface area contributed by atoms with E-state index >= 15 is 0 Å². The number of carboxylic acids is 1. The number of hydrogen-bond donors (Lipinski definition) is 2. The number of phenols is 1. The fourth-order valence-corrected chi connectivity index (χ4v) is 1.67. The van der Waals surface area contributed by atoms with Gasteiger partial charge in [-0.3, -0.25) is 0 Å². The molecule has 3 heteroatoms. The number of aromatic carboxylic acids is 1. The zero-order valence-corrected chi connectivity index (χ0v) is 8.19. The van der Waals surface area contributed by atoms with Crippen molar-refractivity contribution in [3.05, 3.63) is 41.5 Å². The number of carbonyl (C=O) groups is 1. The number of aromatic hydroxyl groups is 1. The summed E-state index contributed by atoms with van der Waals surface area (Å²) in [7, 11) is 0. The number of fused-ring (bicyclic) bond motifs is 1. The Morgan fingerprint density at radius 2 is 1.87 bits per heavy atom. The van der Waals surface area contributed by atoms with Crippen molar-refractivity contribution in [1.29, 1.82) is 0 Å². The van der Waals surface area contributed by atoms with Crippen molar-refractivity contribution in [2.75, 3.05) is 0 Å². The number of hydrogen-bond acceptors (Lipinski definition) is 2. The van der Waals surface area contributed by atoms with Gasteiger partial charge in [0.1, 0.15) is 11.3 Å². The van der Waals surface area contributed by atoms with Gasteiger partial charge in [0.05, 0.1) is 0 Å². The highest BCUT2D eigenvalue weighted by Gasteiger charge is 2.12. The number of rotatable bonds is 1. The lowest BCUT2D eigenvalue weighted by molar-refractivity contribution is 0.0694. The van der Waals surface area contributed by atoms with Crippen molar-refractivity contribution < 1.29 is 15.0 Å². The summed E-state index contributed by atoms with van der Waals surface area (Å²) >= 11 is 0. The summed E-state index contributed by atoms with van der Waals surface area (Å²) in [6.45, 7) is 1.92. The molecule has 0 fully saturated rings. The molecule has 0 spiro atoms. The van der Waals surface area contributed by atoms with E-state index in [1.807, 2.05) is 13.0 Å². The van der Waals surface area contributed by atoms with E-state index in [2.05, 4.69) is 0 Å². The predicted molar refractivity (Wildman–Crippen MR) is 57.3 cm³/mol. The maximum Gasteiger partial charge on any atom is 0.339 e. The Labute approximate surface area is 86.6 Å². The summed E-state index contributed by atoms with van der Waals surface area (Å²) in [6.07, 6.45) is 0. The first-order chi connectivity index (χ1) is 7.11. The minimum Gasteiger partial charge on any atom is -0.506 e. The summed E-state index contributed by atoms with van der Waals surface area (Å²) in [5, 5.41) is 20.1. The van der Waals surface area contributed by atoms with Gasteiger partial charge in [0.25, 0.3) is 0 Å². The second-order valence-corrected chi connectivity index (χ2v) is 3.44. The smallest absolute Gasteiger partial charge is 0.339 e. The van der Waals surface area contributed by atoms with Crippen molar-refractivity contribution >= 4 is 16.7 Å². The Bertz CT molecular complexity index is 544. The summed E-state index contributed by atoms with van der Waals surface area (Å²) in [5.41, 5.74) is 0.952. The van der Waals surface area contributed by atoms with Gasteiger partial charge in [0.2, 0.25) is 0 Å². The van der Waals surface area contributed by atoms with Gasteiger partial charge in [-0.05, 0) is 23.9 Å². The SMILES string of the molecule is Cc1cccc2c(O)c(C(=O)O)ccc12. The molecule has 2 aromatic rings. The number of aryl methyl sites for hydroxylation is 1. The molecule has 0 bridgehead atoms. The second kappa shape index (κ2) is 3.28. The fourth-order valence-electron chi connectivity index (χ4n) is 1.67. The van der Waals surface area contributed by atoms with Crippen LogP contribution in [0.1, 0.15) is 15.9 Å². The van der Waals surface area contributed by atoms with E-state index < -0.39 is 5.97 Å². The molecule has 0 aliphatic carbocycles. The van der Waals surface area contributed by atoms with Gasteiger partial charge < -0.3 is 10.2 Å². The predicted octanol–water partition coefficient (Wildman–Crippen LogP) is 2.55. The van der Waals surface area contributed by atoms with Crippen LogP contribution >= 0.6 is 0 Å². The molecule has 15 heavy (non-hydrogen) atoms. The van der Waals surface area contributed by atoms with Crippen molar-refractivity contribution in [2.45, 2.75) is 6.92 Å². The lowest BCUT2D eigenvalue weighted by atomic mass is 10.0. The minimum atomic E-state index is -1.11. The van der Waals surface area contributed by atoms with Gasteiger partial charge in [-0.25, -0.2) is 4.79 Å². The normalized spacial score (nSPS) is 10.5. The molecule has 0 aliphatic rings. The number of benzene rings is 2. The van der Waals surface area contributed by atoms with Crippen LogP contribution in [0.5, 0.6) is 5.75 Å². The highest BCUT2D eigenvalue weighted by molar-refractivity contribution is 6.01. The molecule has 2 aromatic carbocycles. The maximum atomic E-state index is 10.8. The lowest BCUT2D eigenvalue weighted by Crippen LogP contribution is -1.96.